The third-order valence-corrected chi connectivity index (χ3v) is 6.27. The molecule has 0 saturated carbocycles. The van der Waals surface area contributed by atoms with Crippen LogP contribution in [0.2, 0.25) is 0 Å². The van der Waals surface area contributed by atoms with Crippen molar-refractivity contribution in [2.24, 2.45) is 4.99 Å². The summed E-state index contributed by atoms with van der Waals surface area (Å²) in [5.41, 5.74) is 2.53. The molecule has 0 amide bonds. The second kappa shape index (κ2) is 9.33. The predicted octanol–water partition coefficient (Wildman–Crippen LogP) is 3.13. The van der Waals surface area contributed by atoms with Gasteiger partial charge >= 0.3 is 0 Å². The number of rotatable bonds is 6. The number of aryl methyl sites for hydroxylation is 2. The molecular formula is C21H31N5S. The van der Waals surface area contributed by atoms with Crippen molar-refractivity contribution < 1.29 is 0 Å². The van der Waals surface area contributed by atoms with E-state index in [0.717, 1.165) is 49.1 Å². The van der Waals surface area contributed by atoms with Crippen LogP contribution in [0.25, 0.3) is 0 Å². The lowest BCUT2D eigenvalue weighted by atomic mass is 10.2. The van der Waals surface area contributed by atoms with Gasteiger partial charge in [0.05, 0.1) is 10.7 Å². The maximum atomic E-state index is 4.50. The van der Waals surface area contributed by atoms with Crippen molar-refractivity contribution in [3.63, 3.8) is 0 Å². The number of nitrogens with one attached hydrogen (secondary N) is 2. The highest BCUT2D eigenvalue weighted by molar-refractivity contribution is 7.11. The van der Waals surface area contributed by atoms with Gasteiger partial charge < -0.3 is 10.6 Å². The molecule has 1 saturated heterocycles. The molecule has 1 aromatic heterocycles. The van der Waals surface area contributed by atoms with Crippen molar-refractivity contribution in [3.05, 3.63) is 51.5 Å². The zero-order valence-corrected chi connectivity index (χ0v) is 17.6. The average molecular weight is 386 g/mol. The van der Waals surface area contributed by atoms with Crippen molar-refractivity contribution in [2.75, 3.05) is 20.1 Å². The molecule has 5 nitrogen and oxygen atoms in total. The summed E-state index contributed by atoms with van der Waals surface area (Å²) in [6.07, 6.45) is 2.12. The molecule has 2 heterocycles. The van der Waals surface area contributed by atoms with Crippen LogP contribution >= 0.6 is 11.3 Å². The molecule has 0 spiro atoms. The lowest BCUT2D eigenvalue weighted by molar-refractivity contribution is 0.258. The molecular weight excluding hydrogens is 354 g/mol. The minimum Gasteiger partial charge on any atom is -0.356 e. The minimum absolute atomic E-state index is 0.433. The molecule has 27 heavy (non-hydrogen) atoms. The molecule has 0 bridgehead atoms. The van der Waals surface area contributed by atoms with Gasteiger partial charge in [0, 0.05) is 50.1 Å². The lowest BCUT2D eigenvalue weighted by Gasteiger charge is -2.21. The van der Waals surface area contributed by atoms with Gasteiger partial charge in [0.15, 0.2) is 5.96 Å². The Morgan fingerprint density at radius 3 is 2.74 bits per heavy atom. The predicted molar refractivity (Wildman–Crippen MR) is 115 cm³/mol. The summed E-state index contributed by atoms with van der Waals surface area (Å²) < 4.78 is 0. The highest BCUT2D eigenvalue weighted by Crippen LogP contribution is 2.20. The zero-order chi connectivity index (χ0) is 19.2. The molecule has 0 aliphatic carbocycles. The molecule has 2 N–H and O–H groups in total. The summed E-state index contributed by atoms with van der Waals surface area (Å²) in [4.78, 5) is 12.8. The van der Waals surface area contributed by atoms with Crippen LogP contribution in [-0.2, 0) is 13.0 Å². The molecule has 3 rings (SSSR count). The van der Waals surface area contributed by atoms with E-state index in [9.17, 15) is 0 Å². The summed E-state index contributed by atoms with van der Waals surface area (Å²) in [5.74, 6) is 0.896. The number of aliphatic imine (C=N–C) groups is 1. The van der Waals surface area contributed by atoms with E-state index in [-0.39, 0.29) is 0 Å². The molecule has 1 fully saturated rings. The Hall–Kier alpha value is -1.92. The van der Waals surface area contributed by atoms with Crippen molar-refractivity contribution in [1.29, 1.82) is 0 Å². The molecule has 2 atom stereocenters. The van der Waals surface area contributed by atoms with Gasteiger partial charge in [-0.25, -0.2) is 4.98 Å². The third kappa shape index (κ3) is 5.53. The fourth-order valence-corrected chi connectivity index (χ4v) is 4.67. The van der Waals surface area contributed by atoms with E-state index in [2.05, 4.69) is 76.6 Å². The summed E-state index contributed by atoms with van der Waals surface area (Å²) in [6.45, 7) is 9.40. The van der Waals surface area contributed by atoms with Gasteiger partial charge in [-0.1, -0.05) is 30.3 Å². The smallest absolute Gasteiger partial charge is 0.191 e. The van der Waals surface area contributed by atoms with E-state index >= 15 is 0 Å². The molecule has 1 aliphatic heterocycles. The average Bonchev–Trinajstić information content (AvgIpc) is 3.16. The Morgan fingerprint density at radius 1 is 1.30 bits per heavy atom. The van der Waals surface area contributed by atoms with Crippen LogP contribution in [0.15, 0.2) is 35.3 Å². The number of nitrogens with zero attached hydrogens (tertiary/aromatic N) is 3. The molecule has 2 unspecified atom stereocenters. The fraction of sp³-hybridized carbons (Fsp3) is 0.524. The monoisotopic (exact) mass is 385 g/mol. The number of likely N-dealkylation sites (tertiary alicyclic amines) is 1. The first-order valence-electron chi connectivity index (χ1n) is 9.73. The molecule has 1 aliphatic rings. The molecule has 146 valence electrons. The Morgan fingerprint density at radius 2 is 2.07 bits per heavy atom. The number of hydrogen-bond acceptors (Lipinski definition) is 4. The van der Waals surface area contributed by atoms with Crippen LogP contribution < -0.4 is 10.6 Å². The topological polar surface area (TPSA) is 52.6 Å². The van der Waals surface area contributed by atoms with Crippen LogP contribution in [0.3, 0.4) is 0 Å². The Labute approximate surface area is 166 Å². The highest BCUT2D eigenvalue weighted by Gasteiger charge is 2.29. The van der Waals surface area contributed by atoms with Crippen LogP contribution in [0.4, 0.5) is 0 Å². The summed E-state index contributed by atoms with van der Waals surface area (Å²) in [6, 6.07) is 11.7. The minimum atomic E-state index is 0.433. The van der Waals surface area contributed by atoms with Crippen molar-refractivity contribution in [1.82, 2.24) is 20.5 Å². The normalized spacial score (nSPS) is 20.8. The van der Waals surface area contributed by atoms with E-state index in [1.54, 1.807) is 11.3 Å². The van der Waals surface area contributed by atoms with Gasteiger partial charge in [0.1, 0.15) is 0 Å². The summed E-state index contributed by atoms with van der Waals surface area (Å²) in [5, 5.41) is 8.20. The van der Waals surface area contributed by atoms with Crippen molar-refractivity contribution in [3.8, 4) is 0 Å². The summed E-state index contributed by atoms with van der Waals surface area (Å²) >= 11 is 1.79. The maximum Gasteiger partial charge on any atom is 0.191 e. The quantitative estimate of drug-likeness (QED) is 0.593. The Bertz CT molecular complexity index is 755. The van der Waals surface area contributed by atoms with Crippen LogP contribution in [0, 0.1) is 13.8 Å². The van der Waals surface area contributed by atoms with Gasteiger partial charge in [-0.15, -0.1) is 11.3 Å². The zero-order valence-electron chi connectivity index (χ0n) is 16.8. The standard InChI is InChI=1S/C21H31N5S/c1-15-12-19(14-26(15)13-18-8-6-5-7-9-18)25-21(22-4)23-11-10-20-16(2)24-17(3)27-20/h5-9,15,19H,10-14H2,1-4H3,(H2,22,23,25). The molecule has 6 heteroatoms. The second-order valence-electron chi connectivity index (χ2n) is 7.33. The first kappa shape index (κ1) is 19.8. The van der Waals surface area contributed by atoms with Crippen LogP contribution in [0.5, 0.6) is 0 Å². The van der Waals surface area contributed by atoms with E-state index in [1.807, 2.05) is 7.05 Å². The van der Waals surface area contributed by atoms with Gasteiger partial charge in [-0.3, -0.25) is 9.89 Å². The fourth-order valence-electron chi connectivity index (χ4n) is 3.73. The lowest BCUT2D eigenvalue weighted by Crippen LogP contribution is -2.45. The molecule has 0 radical (unpaired) electrons. The third-order valence-electron chi connectivity index (χ3n) is 5.14. The first-order valence-corrected chi connectivity index (χ1v) is 10.5. The van der Waals surface area contributed by atoms with Crippen molar-refractivity contribution in [2.45, 2.75) is 52.2 Å². The van der Waals surface area contributed by atoms with Crippen molar-refractivity contribution >= 4 is 17.3 Å². The summed E-state index contributed by atoms with van der Waals surface area (Å²) in [7, 11) is 1.84. The molecule has 2 aromatic rings. The SMILES string of the molecule is CN=C(NCCc1sc(C)nc1C)NC1CC(C)N(Cc2ccccc2)C1. The van der Waals surface area contributed by atoms with Crippen LogP contribution in [-0.4, -0.2) is 48.1 Å². The van der Waals surface area contributed by atoms with Gasteiger partial charge in [0.2, 0.25) is 0 Å². The van der Waals surface area contributed by atoms with Gasteiger partial charge in [-0.2, -0.15) is 0 Å². The number of benzene rings is 1. The number of aromatic nitrogens is 1. The van der Waals surface area contributed by atoms with Crippen LogP contribution in [0.1, 0.15) is 34.5 Å². The number of hydrogen-bond donors (Lipinski definition) is 2. The number of thiazole rings is 1. The van der Waals surface area contributed by atoms with E-state index < -0.39 is 0 Å². The Balaban J connectivity index is 1.46. The van der Waals surface area contributed by atoms with E-state index in [0.29, 0.717) is 12.1 Å². The highest BCUT2D eigenvalue weighted by atomic mass is 32.1. The molecule has 1 aromatic carbocycles. The number of guanidine groups is 1. The Kier molecular flexibility index (Phi) is 6.85. The maximum absolute atomic E-state index is 4.50. The first-order chi connectivity index (χ1) is 13.0. The second-order valence-corrected chi connectivity index (χ2v) is 8.62. The van der Waals surface area contributed by atoms with E-state index in [4.69, 9.17) is 0 Å². The van der Waals surface area contributed by atoms with E-state index in [1.165, 1.54) is 10.4 Å². The largest absolute Gasteiger partial charge is 0.356 e. The van der Waals surface area contributed by atoms with Gasteiger partial charge in [-0.05, 0) is 32.8 Å². The van der Waals surface area contributed by atoms with Gasteiger partial charge in [0.25, 0.3) is 0 Å².